The zero-order chi connectivity index (χ0) is 10.1. The summed E-state index contributed by atoms with van der Waals surface area (Å²) in [6.45, 7) is 4.06. The summed E-state index contributed by atoms with van der Waals surface area (Å²) in [4.78, 5) is 10.9. The van der Waals surface area contributed by atoms with E-state index in [1.165, 1.54) is 0 Å². The molecule has 0 aliphatic rings. The summed E-state index contributed by atoms with van der Waals surface area (Å²) in [5.74, 6) is -0.425. The third-order valence-corrected chi connectivity index (χ3v) is 2.36. The minimum Gasteiger partial charge on any atom is -0.394 e. The summed E-state index contributed by atoms with van der Waals surface area (Å²) in [7, 11) is -2.58. The largest absolute Gasteiger partial charge is 0.394 e. The molecule has 0 amide bonds. The zero-order valence-electron chi connectivity index (χ0n) is 8.17. The molecule has 4 nitrogen and oxygen atoms in total. The molecule has 0 fully saturated rings. The highest BCUT2D eigenvalue weighted by Gasteiger charge is 2.06. The van der Waals surface area contributed by atoms with Gasteiger partial charge in [-0.2, -0.15) is 0 Å². The monoisotopic (exact) mass is 208 g/mol. The van der Waals surface area contributed by atoms with Gasteiger partial charge in [0.05, 0.1) is 6.61 Å². The van der Waals surface area contributed by atoms with Crippen LogP contribution in [0, 0.1) is 0 Å². The first-order valence-electron chi connectivity index (χ1n) is 4.58. The van der Waals surface area contributed by atoms with Crippen molar-refractivity contribution in [3.05, 3.63) is 0 Å². The molecule has 13 heavy (non-hydrogen) atoms. The van der Waals surface area contributed by atoms with E-state index in [2.05, 4.69) is 9.05 Å². The second kappa shape index (κ2) is 8.27. The van der Waals surface area contributed by atoms with Gasteiger partial charge >= 0.3 is 14.2 Å². The molecular weight excluding hydrogens is 191 g/mol. The molecule has 0 aromatic heterocycles. The number of unbranched alkanes of at least 4 members (excludes halogenated alkanes) is 2. The Morgan fingerprint density at radius 2 is 2.00 bits per heavy atom. The lowest BCUT2D eigenvalue weighted by Crippen LogP contribution is -1.99. The second-order valence-electron chi connectivity index (χ2n) is 2.61. The molecule has 1 unspecified atom stereocenters. The van der Waals surface area contributed by atoms with Crippen LogP contribution in [0.1, 0.15) is 39.5 Å². The van der Waals surface area contributed by atoms with Crippen molar-refractivity contribution in [3.8, 4) is 0 Å². The highest BCUT2D eigenvalue weighted by molar-refractivity contribution is 7.34. The molecule has 5 heteroatoms. The van der Waals surface area contributed by atoms with Crippen molar-refractivity contribution in [2.24, 2.45) is 0 Å². The molecule has 0 radical (unpaired) electrons. The molecule has 1 atom stereocenters. The standard InChI is InChI=1S/C8H17O4P/c1-3-5-6-7-8(9)12-13(10)11-4-2/h13H,3-7H2,1-2H3. The Bertz CT molecular complexity index is 170. The van der Waals surface area contributed by atoms with Gasteiger partial charge in [0.2, 0.25) is 0 Å². The first kappa shape index (κ1) is 12.7. The van der Waals surface area contributed by atoms with Crippen LogP contribution in [-0.4, -0.2) is 12.6 Å². The molecule has 0 heterocycles. The van der Waals surface area contributed by atoms with Crippen LogP contribution in [0.3, 0.4) is 0 Å². The van der Waals surface area contributed by atoms with Crippen LogP contribution in [0.25, 0.3) is 0 Å². The Labute approximate surface area is 79.6 Å². The van der Waals surface area contributed by atoms with E-state index in [9.17, 15) is 9.36 Å². The van der Waals surface area contributed by atoms with Crippen molar-refractivity contribution >= 4 is 14.2 Å². The average Bonchev–Trinajstić information content (AvgIpc) is 2.05. The van der Waals surface area contributed by atoms with Gasteiger partial charge in [-0.3, -0.25) is 4.79 Å². The van der Waals surface area contributed by atoms with Gasteiger partial charge in [0, 0.05) is 6.42 Å². The van der Waals surface area contributed by atoms with Crippen molar-refractivity contribution < 1.29 is 18.4 Å². The molecule has 0 saturated carbocycles. The van der Waals surface area contributed by atoms with Gasteiger partial charge in [-0.15, -0.1) is 0 Å². The van der Waals surface area contributed by atoms with Gasteiger partial charge in [-0.1, -0.05) is 19.8 Å². The molecule has 0 saturated heterocycles. The van der Waals surface area contributed by atoms with E-state index in [1.54, 1.807) is 6.92 Å². The van der Waals surface area contributed by atoms with Gasteiger partial charge in [-0.05, 0) is 13.3 Å². The van der Waals surface area contributed by atoms with Crippen LogP contribution < -0.4 is 0 Å². The Balaban J connectivity index is 3.44. The fraction of sp³-hybridized carbons (Fsp3) is 0.875. The number of rotatable bonds is 7. The van der Waals surface area contributed by atoms with Gasteiger partial charge in [0.1, 0.15) is 0 Å². The van der Waals surface area contributed by atoms with Crippen molar-refractivity contribution in [1.82, 2.24) is 0 Å². The lowest BCUT2D eigenvalue weighted by molar-refractivity contribution is -0.134. The Morgan fingerprint density at radius 3 is 2.54 bits per heavy atom. The van der Waals surface area contributed by atoms with Crippen molar-refractivity contribution in [3.63, 3.8) is 0 Å². The van der Waals surface area contributed by atoms with Crippen LogP contribution in [0.5, 0.6) is 0 Å². The molecule has 0 aromatic rings. The predicted octanol–water partition coefficient (Wildman–Crippen LogP) is 2.54. The lowest BCUT2D eigenvalue weighted by atomic mass is 10.2. The van der Waals surface area contributed by atoms with Gasteiger partial charge in [0.25, 0.3) is 0 Å². The highest BCUT2D eigenvalue weighted by atomic mass is 31.1. The van der Waals surface area contributed by atoms with E-state index in [4.69, 9.17) is 0 Å². The lowest BCUT2D eigenvalue weighted by Gasteiger charge is -2.03. The van der Waals surface area contributed by atoms with Crippen molar-refractivity contribution in [2.75, 3.05) is 6.61 Å². The van der Waals surface area contributed by atoms with E-state index < -0.39 is 14.2 Å². The average molecular weight is 208 g/mol. The maximum absolute atomic E-state index is 10.9. The van der Waals surface area contributed by atoms with Crippen LogP contribution in [0.15, 0.2) is 0 Å². The summed E-state index contributed by atoms with van der Waals surface area (Å²) in [5.41, 5.74) is 0. The number of hydrogen-bond donors (Lipinski definition) is 0. The molecule has 0 aromatic carbocycles. The van der Waals surface area contributed by atoms with Gasteiger partial charge in [-0.25, -0.2) is 4.57 Å². The summed E-state index contributed by atoms with van der Waals surface area (Å²) < 4.78 is 20.0. The zero-order valence-corrected chi connectivity index (χ0v) is 9.17. The van der Waals surface area contributed by atoms with E-state index >= 15 is 0 Å². The molecular formula is C8H17O4P. The third kappa shape index (κ3) is 8.00. The number of carbonyl (C=O) groups excluding carboxylic acids is 1. The first-order valence-corrected chi connectivity index (χ1v) is 5.80. The first-order chi connectivity index (χ1) is 6.20. The normalized spacial score (nSPS) is 12.5. The number of carbonyl (C=O) groups is 1. The third-order valence-electron chi connectivity index (χ3n) is 1.44. The maximum Gasteiger partial charge on any atom is 0.369 e. The molecule has 0 spiro atoms. The van der Waals surface area contributed by atoms with Gasteiger partial charge < -0.3 is 9.05 Å². The van der Waals surface area contributed by atoms with Crippen LogP contribution in [0.4, 0.5) is 0 Å². The molecule has 0 N–H and O–H groups in total. The molecule has 0 aliphatic carbocycles. The molecule has 0 bridgehead atoms. The number of hydrogen-bond acceptors (Lipinski definition) is 4. The van der Waals surface area contributed by atoms with E-state index in [0.29, 0.717) is 13.0 Å². The molecule has 0 aliphatic heterocycles. The summed E-state index contributed by atoms with van der Waals surface area (Å²) in [6, 6.07) is 0. The Morgan fingerprint density at radius 1 is 1.31 bits per heavy atom. The quantitative estimate of drug-likeness (QED) is 0.476. The van der Waals surface area contributed by atoms with Crippen molar-refractivity contribution in [2.45, 2.75) is 39.5 Å². The Kier molecular flexibility index (Phi) is 8.05. The van der Waals surface area contributed by atoms with E-state index in [0.717, 1.165) is 19.3 Å². The van der Waals surface area contributed by atoms with Crippen LogP contribution in [0.2, 0.25) is 0 Å². The van der Waals surface area contributed by atoms with Crippen molar-refractivity contribution in [1.29, 1.82) is 0 Å². The summed E-state index contributed by atoms with van der Waals surface area (Å²) in [6.07, 6.45) is 3.16. The second-order valence-corrected chi connectivity index (χ2v) is 3.61. The predicted molar refractivity (Wildman–Crippen MR) is 50.9 cm³/mol. The van der Waals surface area contributed by atoms with Crippen LogP contribution >= 0.6 is 8.25 Å². The van der Waals surface area contributed by atoms with Crippen LogP contribution in [-0.2, 0) is 18.4 Å². The molecule has 0 rings (SSSR count). The summed E-state index contributed by atoms with van der Waals surface area (Å²) in [5, 5.41) is 0. The van der Waals surface area contributed by atoms with E-state index in [-0.39, 0.29) is 0 Å². The summed E-state index contributed by atoms with van der Waals surface area (Å²) >= 11 is 0. The SMILES string of the molecule is CCCCCC(=O)O[PH](=O)OCC. The minimum absolute atomic E-state index is 0.306. The Hall–Kier alpha value is -0.340. The molecule has 78 valence electrons. The topological polar surface area (TPSA) is 52.6 Å². The maximum atomic E-state index is 10.9. The van der Waals surface area contributed by atoms with Gasteiger partial charge in [0.15, 0.2) is 0 Å². The van der Waals surface area contributed by atoms with E-state index in [1.807, 2.05) is 6.92 Å². The highest BCUT2D eigenvalue weighted by Crippen LogP contribution is 2.24. The smallest absolute Gasteiger partial charge is 0.369 e. The minimum atomic E-state index is -2.58. The fourth-order valence-electron chi connectivity index (χ4n) is 0.811. The fourth-order valence-corrected chi connectivity index (χ4v) is 1.39.